The fourth-order valence-corrected chi connectivity index (χ4v) is 5.62. The molecule has 2 aromatic rings. The van der Waals surface area contributed by atoms with Gasteiger partial charge in [0.15, 0.2) is 0 Å². The number of phenols is 1. The van der Waals surface area contributed by atoms with Crippen molar-refractivity contribution in [2.24, 2.45) is 5.92 Å². The lowest BCUT2D eigenvalue weighted by Gasteiger charge is -2.49. The molecule has 2 aliphatic rings. The third-order valence-corrected chi connectivity index (χ3v) is 7.59. The van der Waals surface area contributed by atoms with E-state index in [1.807, 2.05) is 24.3 Å². The molecule has 5 heteroatoms. The molecule has 1 N–H and O–H groups in total. The van der Waals surface area contributed by atoms with Gasteiger partial charge < -0.3 is 14.7 Å². The highest BCUT2D eigenvalue weighted by atomic mass is 35.5. The Hall–Kier alpha value is -1.91. The maximum Gasteiger partial charge on any atom is 0.143 e. The number of halogens is 1. The van der Waals surface area contributed by atoms with Gasteiger partial charge in [-0.25, -0.2) is 0 Å². The van der Waals surface area contributed by atoms with Gasteiger partial charge in [0.1, 0.15) is 11.5 Å². The van der Waals surface area contributed by atoms with Crippen molar-refractivity contribution < 1.29 is 9.84 Å². The van der Waals surface area contributed by atoms with Gasteiger partial charge in [0, 0.05) is 35.8 Å². The molecule has 4 nitrogen and oxygen atoms in total. The molecule has 31 heavy (non-hydrogen) atoms. The Bertz CT molecular complexity index is 891. The highest BCUT2D eigenvalue weighted by Gasteiger charge is 2.43. The van der Waals surface area contributed by atoms with Crippen LogP contribution in [0.25, 0.3) is 0 Å². The molecule has 4 rings (SSSR count). The number of methoxy groups -OCH3 is 1. The maximum absolute atomic E-state index is 10.2. The van der Waals surface area contributed by atoms with Crippen molar-refractivity contribution in [3.05, 3.63) is 53.1 Å². The van der Waals surface area contributed by atoms with Gasteiger partial charge in [-0.1, -0.05) is 23.7 Å². The van der Waals surface area contributed by atoms with Crippen LogP contribution >= 0.6 is 11.6 Å². The summed E-state index contributed by atoms with van der Waals surface area (Å²) in [7, 11) is 3.99. The number of hydrogen-bond acceptors (Lipinski definition) is 4. The highest BCUT2D eigenvalue weighted by molar-refractivity contribution is 6.30. The lowest BCUT2D eigenvalue weighted by molar-refractivity contribution is 0.0613. The number of ether oxygens (including phenoxy) is 1. The van der Waals surface area contributed by atoms with E-state index in [1.165, 1.54) is 18.4 Å². The molecule has 2 saturated carbocycles. The number of anilines is 1. The Labute approximate surface area is 191 Å². The Kier molecular flexibility index (Phi) is 6.68. The Morgan fingerprint density at radius 1 is 1.10 bits per heavy atom. The fraction of sp³-hybridized carbons (Fsp3) is 0.538. The molecule has 168 valence electrons. The first kappa shape index (κ1) is 22.3. The third-order valence-electron chi connectivity index (χ3n) is 7.36. The summed E-state index contributed by atoms with van der Waals surface area (Å²) in [5, 5.41) is 10.9. The van der Waals surface area contributed by atoms with Crippen molar-refractivity contribution in [1.29, 1.82) is 0 Å². The molecule has 2 aromatic carbocycles. The number of nitrogens with zero attached hydrogens (tertiary/aromatic N) is 2. The summed E-state index contributed by atoms with van der Waals surface area (Å²) in [6, 6.07) is 14.3. The van der Waals surface area contributed by atoms with Crippen LogP contribution in [-0.4, -0.2) is 43.3 Å². The molecule has 0 saturated heterocycles. The highest BCUT2D eigenvalue weighted by Crippen LogP contribution is 2.46. The van der Waals surface area contributed by atoms with Crippen LogP contribution in [0.2, 0.25) is 5.02 Å². The van der Waals surface area contributed by atoms with Crippen LogP contribution in [0.15, 0.2) is 42.5 Å². The number of benzene rings is 2. The number of phenolic OH excluding ortho intramolecular Hbond substituents is 1. The smallest absolute Gasteiger partial charge is 0.143 e. The molecule has 0 aromatic heterocycles. The quantitative estimate of drug-likeness (QED) is 0.539. The molecular weight excluding hydrogens is 408 g/mol. The van der Waals surface area contributed by atoms with Crippen LogP contribution in [-0.2, 0) is 5.54 Å². The van der Waals surface area contributed by atoms with Crippen molar-refractivity contribution in [1.82, 2.24) is 4.90 Å². The lowest BCUT2D eigenvalue weighted by Crippen LogP contribution is -2.50. The van der Waals surface area contributed by atoms with Gasteiger partial charge in [0.05, 0.1) is 12.8 Å². The van der Waals surface area contributed by atoms with Gasteiger partial charge in [0.25, 0.3) is 0 Å². The lowest BCUT2D eigenvalue weighted by atomic mass is 9.73. The zero-order valence-corrected chi connectivity index (χ0v) is 19.7. The molecule has 0 aliphatic heterocycles. The SMILES string of the molecule is CCN(c1ccc(Cl)cc1OC)C1CCC(c2cccc(O)c2)(N(C)CC2CC2)CC1. The number of rotatable bonds is 8. The Balaban J connectivity index is 1.58. The van der Waals surface area contributed by atoms with Gasteiger partial charge >= 0.3 is 0 Å². The van der Waals surface area contributed by atoms with Crippen molar-refractivity contribution >= 4 is 17.3 Å². The van der Waals surface area contributed by atoms with E-state index in [0.29, 0.717) is 16.8 Å². The molecule has 2 aliphatic carbocycles. The Morgan fingerprint density at radius 2 is 1.84 bits per heavy atom. The van der Waals surface area contributed by atoms with Crippen LogP contribution in [0.1, 0.15) is 51.0 Å². The predicted molar refractivity (Wildman–Crippen MR) is 128 cm³/mol. The first-order chi connectivity index (χ1) is 15.0. The minimum atomic E-state index is -0.0126. The predicted octanol–water partition coefficient (Wildman–Crippen LogP) is 6.06. The monoisotopic (exact) mass is 442 g/mol. The zero-order valence-electron chi connectivity index (χ0n) is 19.0. The summed E-state index contributed by atoms with van der Waals surface area (Å²) >= 11 is 6.20. The van der Waals surface area contributed by atoms with E-state index in [-0.39, 0.29) is 5.54 Å². The van der Waals surface area contributed by atoms with Crippen LogP contribution in [0, 0.1) is 5.92 Å². The molecule has 0 bridgehead atoms. The van der Waals surface area contributed by atoms with Crippen molar-refractivity contribution in [3.8, 4) is 11.5 Å². The molecule has 0 amide bonds. The van der Waals surface area contributed by atoms with E-state index >= 15 is 0 Å². The molecule has 0 spiro atoms. The van der Waals surface area contributed by atoms with E-state index in [9.17, 15) is 5.11 Å². The standard InChI is InChI=1S/C26H35ClN2O2/c1-4-29(24-11-10-21(27)17-25(24)31-3)22-12-14-26(15-13-22,28(2)18-19-8-9-19)20-6-5-7-23(30)16-20/h5-7,10-11,16-17,19,22,30H,4,8-9,12-15,18H2,1-3H3. The van der Waals surface area contributed by atoms with E-state index in [1.54, 1.807) is 13.2 Å². The van der Waals surface area contributed by atoms with E-state index < -0.39 is 0 Å². The van der Waals surface area contributed by atoms with Crippen LogP contribution in [0.5, 0.6) is 11.5 Å². The minimum Gasteiger partial charge on any atom is -0.508 e. The van der Waals surface area contributed by atoms with Crippen LogP contribution in [0.4, 0.5) is 5.69 Å². The normalized spacial score (nSPS) is 23.7. The second-order valence-corrected chi connectivity index (χ2v) is 9.68. The van der Waals surface area contributed by atoms with Crippen LogP contribution in [0.3, 0.4) is 0 Å². The first-order valence-electron chi connectivity index (χ1n) is 11.6. The summed E-state index contributed by atoms with van der Waals surface area (Å²) in [6.45, 7) is 4.28. The molecular formula is C26H35ClN2O2. The van der Waals surface area contributed by atoms with Gasteiger partial charge in [-0.2, -0.15) is 0 Å². The largest absolute Gasteiger partial charge is 0.508 e. The number of aromatic hydroxyl groups is 1. The van der Waals surface area contributed by atoms with Crippen molar-refractivity contribution in [2.45, 2.75) is 57.0 Å². The van der Waals surface area contributed by atoms with E-state index in [4.69, 9.17) is 16.3 Å². The van der Waals surface area contributed by atoms with Gasteiger partial charge in [-0.3, -0.25) is 4.90 Å². The second kappa shape index (κ2) is 9.30. The topological polar surface area (TPSA) is 35.9 Å². The fourth-order valence-electron chi connectivity index (χ4n) is 5.45. The molecule has 0 atom stereocenters. The van der Waals surface area contributed by atoms with Crippen LogP contribution < -0.4 is 9.64 Å². The maximum atomic E-state index is 10.2. The van der Waals surface area contributed by atoms with E-state index in [2.05, 4.69) is 35.9 Å². The average molecular weight is 443 g/mol. The second-order valence-electron chi connectivity index (χ2n) is 9.24. The zero-order chi connectivity index (χ0) is 22.0. The average Bonchev–Trinajstić information content (AvgIpc) is 3.59. The molecule has 0 radical (unpaired) electrons. The first-order valence-corrected chi connectivity index (χ1v) is 12.0. The summed E-state index contributed by atoms with van der Waals surface area (Å²) in [6.07, 6.45) is 7.06. The van der Waals surface area contributed by atoms with Gasteiger partial charge in [-0.15, -0.1) is 0 Å². The van der Waals surface area contributed by atoms with Crippen molar-refractivity contribution in [3.63, 3.8) is 0 Å². The molecule has 2 fully saturated rings. The Morgan fingerprint density at radius 3 is 2.45 bits per heavy atom. The molecule has 0 unspecified atom stereocenters. The summed E-state index contributed by atoms with van der Waals surface area (Å²) < 4.78 is 5.65. The van der Waals surface area contributed by atoms with Gasteiger partial charge in [-0.05, 0) is 88.2 Å². The van der Waals surface area contributed by atoms with E-state index in [0.717, 1.165) is 56.1 Å². The van der Waals surface area contributed by atoms with Crippen molar-refractivity contribution in [2.75, 3.05) is 32.1 Å². The van der Waals surface area contributed by atoms with Gasteiger partial charge in [0.2, 0.25) is 0 Å². The summed E-state index contributed by atoms with van der Waals surface area (Å²) in [5.74, 6) is 2.03. The summed E-state index contributed by atoms with van der Waals surface area (Å²) in [5.41, 5.74) is 2.36. The summed E-state index contributed by atoms with van der Waals surface area (Å²) in [4.78, 5) is 5.05. The molecule has 0 heterocycles. The number of hydrogen-bond donors (Lipinski definition) is 1. The third kappa shape index (κ3) is 4.65. The minimum absolute atomic E-state index is 0.0126.